The Kier molecular flexibility index (Phi) is 5.84. The zero-order valence-corrected chi connectivity index (χ0v) is 17.3. The lowest BCUT2D eigenvalue weighted by molar-refractivity contribution is 0.0965. The van der Waals surface area contributed by atoms with Gasteiger partial charge in [0.25, 0.3) is 5.91 Å². The van der Waals surface area contributed by atoms with Crippen molar-refractivity contribution in [3.63, 3.8) is 0 Å². The Morgan fingerprint density at radius 2 is 1.53 bits per heavy atom. The summed E-state index contributed by atoms with van der Waals surface area (Å²) in [5.41, 5.74) is 6.25. The first kappa shape index (κ1) is 19.8. The van der Waals surface area contributed by atoms with Crippen LogP contribution in [0.2, 0.25) is 0 Å². The minimum absolute atomic E-state index is 0.0866. The Morgan fingerprint density at radius 1 is 0.867 bits per heavy atom. The predicted octanol–water partition coefficient (Wildman–Crippen LogP) is 5.01. The molecule has 0 unspecified atom stereocenters. The zero-order chi connectivity index (χ0) is 20.9. The van der Waals surface area contributed by atoms with Crippen molar-refractivity contribution in [1.29, 1.82) is 0 Å². The van der Waals surface area contributed by atoms with Crippen LogP contribution >= 0.6 is 0 Å². The topological polar surface area (TPSA) is 47.6 Å². The lowest BCUT2D eigenvalue weighted by atomic mass is 9.94. The Labute approximate surface area is 177 Å². The lowest BCUT2D eigenvalue weighted by Crippen LogP contribution is -2.24. The normalized spacial score (nSPS) is 12.5. The van der Waals surface area contributed by atoms with Crippen LogP contribution in [-0.2, 0) is 12.8 Å². The molecule has 0 heterocycles. The highest BCUT2D eigenvalue weighted by Gasteiger charge is 2.17. The largest absolute Gasteiger partial charge is 0.493 e. The van der Waals surface area contributed by atoms with Gasteiger partial charge in [-0.3, -0.25) is 4.79 Å². The average Bonchev–Trinajstić information content (AvgIpc) is 2.79. The highest BCUT2D eigenvalue weighted by Crippen LogP contribution is 2.34. The molecule has 0 saturated heterocycles. The molecule has 0 bridgehead atoms. The van der Waals surface area contributed by atoms with Gasteiger partial charge < -0.3 is 14.8 Å². The Bertz CT molecular complexity index is 1070. The third kappa shape index (κ3) is 4.38. The van der Waals surface area contributed by atoms with Gasteiger partial charge in [0, 0.05) is 11.3 Å². The minimum atomic E-state index is -0.0866. The molecule has 0 aromatic heterocycles. The number of rotatable bonds is 6. The van der Waals surface area contributed by atoms with Crippen LogP contribution in [0.15, 0.2) is 72.4 Å². The SMILES string of the molecule is COc1cc2c(cc1OC)CCC(NC(=O)c1ccc(Cc3ccccc3)cc1)=C2. The third-order valence-corrected chi connectivity index (χ3v) is 5.38. The second-order valence-corrected chi connectivity index (χ2v) is 7.39. The fraction of sp³-hybridized carbons (Fsp3) is 0.192. The van der Waals surface area contributed by atoms with Crippen LogP contribution in [0, 0.1) is 0 Å². The van der Waals surface area contributed by atoms with Crippen LogP contribution in [-0.4, -0.2) is 20.1 Å². The number of hydrogen-bond donors (Lipinski definition) is 1. The first-order chi connectivity index (χ1) is 14.7. The van der Waals surface area contributed by atoms with E-state index >= 15 is 0 Å². The number of aryl methyl sites for hydroxylation is 1. The third-order valence-electron chi connectivity index (χ3n) is 5.38. The number of benzene rings is 3. The summed E-state index contributed by atoms with van der Waals surface area (Å²) >= 11 is 0. The van der Waals surface area contributed by atoms with E-state index in [4.69, 9.17) is 9.47 Å². The molecule has 0 saturated carbocycles. The van der Waals surface area contributed by atoms with Gasteiger partial charge in [0.05, 0.1) is 14.2 Å². The van der Waals surface area contributed by atoms with E-state index in [0.717, 1.165) is 36.3 Å². The molecular weight excluding hydrogens is 374 g/mol. The van der Waals surface area contributed by atoms with Gasteiger partial charge in [0.2, 0.25) is 0 Å². The highest BCUT2D eigenvalue weighted by atomic mass is 16.5. The number of methoxy groups -OCH3 is 2. The smallest absolute Gasteiger partial charge is 0.255 e. The van der Waals surface area contributed by atoms with Crippen molar-refractivity contribution in [2.75, 3.05) is 14.2 Å². The number of fused-ring (bicyclic) bond motifs is 1. The fourth-order valence-electron chi connectivity index (χ4n) is 3.74. The van der Waals surface area contributed by atoms with Gasteiger partial charge in [0.1, 0.15) is 0 Å². The number of amides is 1. The van der Waals surface area contributed by atoms with Crippen LogP contribution in [0.1, 0.15) is 39.0 Å². The van der Waals surface area contributed by atoms with Crippen LogP contribution < -0.4 is 14.8 Å². The van der Waals surface area contributed by atoms with E-state index in [1.807, 2.05) is 60.7 Å². The van der Waals surface area contributed by atoms with Crippen LogP contribution in [0.5, 0.6) is 11.5 Å². The van der Waals surface area contributed by atoms with Gasteiger partial charge in [-0.05, 0) is 71.9 Å². The van der Waals surface area contributed by atoms with Crippen molar-refractivity contribution in [1.82, 2.24) is 5.32 Å². The van der Waals surface area contributed by atoms with Crippen molar-refractivity contribution < 1.29 is 14.3 Å². The quantitative estimate of drug-likeness (QED) is 0.634. The molecule has 0 radical (unpaired) electrons. The van der Waals surface area contributed by atoms with E-state index in [-0.39, 0.29) is 5.91 Å². The van der Waals surface area contributed by atoms with Gasteiger partial charge >= 0.3 is 0 Å². The maximum Gasteiger partial charge on any atom is 0.255 e. The van der Waals surface area contributed by atoms with Gasteiger partial charge in [-0.25, -0.2) is 0 Å². The summed E-state index contributed by atoms with van der Waals surface area (Å²) in [7, 11) is 3.26. The van der Waals surface area contributed by atoms with E-state index in [9.17, 15) is 4.79 Å². The molecule has 1 aliphatic carbocycles. The molecule has 1 N–H and O–H groups in total. The maximum absolute atomic E-state index is 12.7. The summed E-state index contributed by atoms with van der Waals surface area (Å²) < 4.78 is 10.8. The summed E-state index contributed by atoms with van der Waals surface area (Å²) in [5, 5.41) is 3.06. The van der Waals surface area contributed by atoms with Crippen LogP contribution in [0.25, 0.3) is 6.08 Å². The molecule has 3 aromatic rings. The number of allylic oxidation sites excluding steroid dienone is 1. The van der Waals surface area contributed by atoms with Gasteiger partial charge in [0.15, 0.2) is 11.5 Å². The Hall–Kier alpha value is -3.53. The van der Waals surface area contributed by atoms with Crippen molar-refractivity contribution in [2.45, 2.75) is 19.3 Å². The molecule has 1 amide bonds. The molecule has 3 aromatic carbocycles. The first-order valence-electron chi connectivity index (χ1n) is 10.1. The van der Waals surface area contributed by atoms with E-state index < -0.39 is 0 Å². The molecule has 4 nitrogen and oxygen atoms in total. The average molecular weight is 399 g/mol. The fourth-order valence-corrected chi connectivity index (χ4v) is 3.74. The number of carbonyl (C=O) groups excluding carboxylic acids is 1. The molecule has 0 aliphatic heterocycles. The number of nitrogens with one attached hydrogen (secondary N) is 1. The van der Waals surface area contributed by atoms with Gasteiger partial charge in [-0.1, -0.05) is 42.5 Å². The van der Waals surface area contributed by atoms with Crippen LogP contribution in [0.3, 0.4) is 0 Å². The molecule has 1 aliphatic rings. The summed E-state index contributed by atoms with van der Waals surface area (Å²) in [4.78, 5) is 12.7. The summed E-state index contributed by atoms with van der Waals surface area (Å²) in [6.07, 6.45) is 4.50. The molecule has 30 heavy (non-hydrogen) atoms. The summed E-state index contributed by atoms with van der Waals surface area (Å²) in [6.45, 7) is 0. The van der Waals surface area contributed by atoms with Crippen molar-refractivity contribution in [2.24, 2.45) is 0 Å². The van der Waals surface area contributed by atoms with E-state index in [1.165, 1.54) is 16.7 Å². The highest BCUT2D eigenvalue weighted by molar-refractivity contribution is 5.96. The van der Waals surface area contributed by atoms with Crippen molar-refractivity contribution in [3.8, 4) is 11.5 Å². The molecule has 4 rings (SSSR count). The lowest BCUT2D eigenvalue weighted by Gasteiger charge is -2.19. The Morgan fingerprint density at radius 3 is 2.23 bits per heavy atom. The van der Waals surface area contributed by atoms with Crippen LogP contribution in [0.4, 0.5) is 0 Å². The molecule has 4 heteroatoms. The standard InChI is InChI=1S/C26H25NO3/c1-29-24-16-21-12-13-23(15-22(21)17-25(24)30-2)27-26(28)20-10-8-19(9-11-20)14-18-6-4-3-5-7-18/h3-11,15-17H,12-14H2,1-2H3,(H,27,28). The number of ether oxygens (including phenoxy) is 2. The molecular formula is C26H25NO3. The summed E-state index contributed by atoms with van der Waals surface area (Å²) in [6, 6.07) is 22.1. The minimum Gasteiger partial charge on any atom is -0.493 e. The van der Waals surface area contributed by atoms with E-state index in [0.29, 0.717) is 11.3 Å². The summed E-state index contributed by atoms with van der Waals surface area (Å²) in [5.74, 6) is 1.33. The molecule has 0 spiro atoms. The van der Waals surface area contributed by atoms with Crippen molar-refractivity contribution >= 4 is 12.0 Å². The zero-order valence-electron chi connectivity index (χ0n) is 17.3. The Balaban J connectivity index is 1.46. The predicted molar refractivity (Wildman–Crippen MR) is 119 cm³/mol. The number of hydrogen-bond acceptors (Lipinski definition) is 3. The second kappa shape index (κ2) is 8.87. The van der Waals surface area contributed by atoms with Crippen molar-refractivity contribution in [3.05, 3.63) is 100 Å². The monoisotopic (exact) mass is 399 g/mol. The van der Waals surface area contributed by atoms with E-state index in [1.54, 1.807) is 14.2 Å². The van der Waals surface area contributed by atoms with Gasteiger partial charge in [-0.2, -0.15) is 0 Å². The number of carbonyl (C=O) groups is 1. The van der Waals surface area contributed by atoms with Gasteiger partial charge in [-0.15, -0.1) is 0 Å². The van der Waals surface area contributed by atoms with E-state index in [2.05, 4.69) is 17.4 Å². The molecule has 0 atom stereocenters. The maximum atomic E-state index is 12.7. The molecule has 152 valence electrons. The molecule has 0 fully saturated rings. The second-order valence-electron chi connectivity index (χ2n) is 7.39. The first-order valence-corrected chi connectivity index (χ1v) is 10.1.